The van der Waals surface area contributed by atoms with Crippen molar-refractivity contribution >= 4 is 0 Å². The molecule has 0 spiro atoms. The highest BCUT2D eigenvalue weighted by Crippen LogP contribution is 2.20. The number of hydrogen-bond donors (Lipinski definition) is 1. The highest BCUT2D eigenvalue weighted by atomic mass is 15.1. The van der Waals surface area contributed by atoms with E-state index in [1.807, 2.05) is 0 Å². The van der Waals surface area contributed by atoms with E-state index >= 15 is 0 Å². The first-order valence-corrected chi connectivity index (χ1v) is 6.94. The highest BCUT2D eigenvalue weighted by Gasteiger charge is 2.17. The molecule has 0 aromatic heterocycles. The molecule has 2 heteroatoms. The van der Waals surface area contributed by atoms with Crippen LogP contribution in [0.2, 0.25) is 0 Å². The molecule has 1 fully saturated rings. The van der Waals surface area contributed by atoms with Crippen LogP contribution in [0.25, 0.3) is 0 Å². The summed E-state index contributed by atoms with van der Waals surface area (Å²) in [6, 6.07) is 0.837. The lowest BCUT2D eigenvalue weighted by molar-refractivity contribution is 0.214. The van der Waals surface area contributed by atoms with Crippen LogP contribution in [0.1, 0.15) is 59.3 Å². The van der Waals surface area contributed by atoms with E-state index in [9.17, 15) is 0 Å². The van der Waals surface area contributed by atoms with Gasteiger partial charge in [-0.2, -0.15) is 0 Å². The zero-order valence-electron chi connectivity index (χ0n) is 11.7. The lowest BCUT2D eigenvalue weighted by Crippen LogP contribution is -2.43. The normalized spacial score (nSPS) is 20.1. The van der Waals surface area contributed by atoms with Crippen molar-refractivity contribution in [1.29, 1.82) is 0 Å². The Balaban J connectivity index is 2.20. The maximum absolute atomic E-state index is 3.57. The second-order valence-corrected chi connectivity index (χ2v) is 6.30. The Hall–Kier alpha value is -0.0800. The molecule has 1 aliphatic rings. The van der Waals surface area contributed by atoms with Crippen LogP contribution in [0.5, 0.6) is 0 Å². The van der Waals surface area contributed by atoms with Crippen LogP contribution in [0.4, 0.5) is 0 Å². The van der Waals surface area contributed by atoms with E-state index in [-0.39, 0.29) is 5.54 Å². The summed E-state index contributed by atoms with van der Waals surface area (Å²) >= 11 is 0. The quantitative estimate of drug-likeness (QED) is 0.741. The van der Waals surface area contributed by atoms with Crippen molar-refractivity contribution in [1.82, 2.24) is 10.2 Å². The molecule has 0 atom stereocenters. The van der Waals surface area contributed by atoms with Crippen LogP contribution >= 0.6 is 0 Å². The Morgan fingerprint density at radius 3 is 2.12 bits per heavy atom. The third-order valence-corrected chi connectivity index (χ3v) is 3.57. The predicted molar refractivity (Wildman–Crippen MR) is 71.9 cm³/mol. The van der Waals surface area contributed by atoms with Gasteiger partial charge < -0.3 is 10.2 Å². The zero-order valence-corrected chi connectivity index (χ0v) is 11.7. The summed E-state index contributed by atoms with van der Waals surface area (Å²) < 4.78 is 0. The van der Waals surface area contributed by atoms with Crippen LogP contribution in [-0.4, -0.2) is 36.6 Å². The minimum absolute atomic E-state index is 0.254. The molecule has 0 radical (unpaired) electrons. The van der Waals surface area contributed by atoms with Gasteiger partial charge in [0, 0.05) is 24.7 Å². The topological polar surface area (TPSA) is 15.3 Å². The van der Waals surface area contributed by atoms with Crippen molar-refractivity contribution in [3.05, 3.63) is 0 Å². The summed E-state index contributed by atoms with van der Waals surface area (Å²) in [4.78, 5) is 2.56. The maximum Gasteiger partial charge on any atom is 0.0107 e. The van der Waals surface area contributed by atoms with E-state index in [0.29, 0.717) is 0 Å². The van der Waals surface area contributed by atoms with Gasteiger partial charge in [0.2, 0.25) is 0 Å². The van der Waals surface area contributed by atoms with Gasteiger partial charge in [-0.1, -0.05) is 25.7 Å². The number of nitrogens with zero attached hydrogens (tertiary/aromatic N) is 1. The molecule has 96 valence electrons. The van der Waals surface area contributed by atoms with Crippen LogP contribution in [0.15, 0.2) is 0 Å². The van der Waals surface area contributed by atoms with Crippen molar-refractivity contribution in [2.24, 2.45) is 0 Å². The van der Waals surface area contributed by atoms with Gasteiger partial charge in [0.1, 0.15) is 0 Å². The van der Waals surface area contributed by atoms with E-state index in [4.69, 9.17) is 0 Å². The van der Waals surface area contributed by atoms with Gasteiger partial charge >= 0.3 is 0 Å². The van der Waals surface area contributed by atoms with E-state index < -0.39 is 0 Å². The van der Waals surface area contributed by atoms with E-state index in [1.165, 1.54) is 45.1 Å². The molecule has 0 heterocycles. The summed E-state index contributed by atoms with van der Waals surface area (Å²) in [6.07, 6.45) is 8.58. The second kappa shape index (κ2) is 6.61. The highest BCUT2D eigenvalue weighted by molar-refractivity contribution is 4.75. The molecule has 1 saturated carbocycles. The Labute approximate surface area is 102 Å². The molecule has 0 saturated heterocycles. The second-order valence-electron chi connectivity index (χ2n) is 6.30. The SMILES string of the molecule is CN(CCNC(C)(C)C)C1CCCCCC1. The van der Waals surface area contributed by atoms with Gasteiger partial charge in [0.05, 0.1) is 0 Å². The Kier molecular flexibility index (Phi) is 5.77. The van der Waals surface area contributed by atoms with Crippen molar-refractivity contribution < 1.29 is 0 Å². The molecule has 0 aromatic rings. The molecular weight excluding hydrogens is 196 g/mol. The van der Waals surface area contributed by atoms with Crippen LogP contribution < -0.4 is 5.32 Å². The number of nitrogens with one attached hydrogen (secondary N) is 1. The summed E-state index contributed by atoms with van der Waals surface area (Å²) in [5.74, 6) is 0. The summed E-state index contributed by atoms with van der Waals surface area (Å²) in [5.41, 5.74) is 0.254. The smallest absolute Gasteiger partial charge is 0.0107 e. The minimum atomic E-state index is 0.254. The molecule has 0 aliphatic heterocycles. The fraction of sp³-hybridized carbons (Fsp3) is 1.00. The fourth-order valence-electron chi connectivity index (χ4n) is 2.49. The first-order chi connectivity index (χ1) is 7.49. The first-order valence-electron chi connectivity index (χ1n) is 6.94. The van der Waals surface area contributed by atoms with Gasteiger partial charge in [0.15, 0.2) is 0 Å². The molecule has 1 aliphatic carbocycles. The summed E-state index contributed by atoms with van der Waals surface area (Å²) in [5, 5.41) is 3.57. The Morgan fingerprint density at radius 2 is 1.62 bits per heavy atom. The average molecular weight is 226 g/mol. The third kappa shape index (κ3) is 5.86. The molecule has 0 bridgehead atoms. The third-order valence-electron chi connectivity index (χ3n) is 3.57. The number of hydrogen-bond acceptors (Lipinski definition) is 2. The van der Waals surface area contributed by atoms with Gasteiger partial charge in [-0.05, 0) is 40.7 Å². The molecule has 1 rings (SSSR count). The van der Waals surface area contributed by atoms with Crippen molar-refractivity contribution in [3.8, 4) is 0 Å². The summed E-state index contributed by atoms with van der Waals surface area (Å²) in [7, 11) is 2.29. The van der Waals surface area contributed by atoms with Gasteiger partial charge in [0.25, 0.3) is 0 Å². The predicted octanol–water partition coefficient (Wildman–Crippen LogP) is 3.03. The van der Waals surface area contributed by atoms with Crippen LogP contribution in [-0.2, 0) is 0 Å². The molecule has 2 nitrogen and oxygen atoms in total. The lowest BCUT2D eigenvalue weighted by atomic mass is 10.1. The van der Waals surface area contributed by atoms with E-state index in [1.54, 1.807) is 0 Å². The number of likely N-dealkylation sites (N-methyl/N-ethyl adjacent to an activating group) is 1. The Bertz CT molecular complexity index is 176. The lowest BCUT2D eigenvalue weighted by Gasteiger charge is -2.29. The maximum atomic E-state index is 3.57. The van der Waals surface area contributed by atoms with Gasteiger partial charge in [-0.3, -0.25) is 0 Å². The van der Waals surface area contributed by atoms with Crippen LogP contribution in [0, 0.1) is 0 Å². The molecular formula is C14H30N2. The molecule has 16 heavy (non-hydrogen) atoms. The van der Waals surface area contributed by atoms with E-state index in [0.717, 1.165) is 12.6 Å². The van der Waals surface area contributed by atoms with Crippen molar-refractivity contribution in [2.75, 3.05) is 20.1 Å². The molecule has 0 unspecified atom stereocenters. The van der Waals surface area contributed by atoms with Gasteiger partial charge in [-0.25, -0.2) is 0 Å². The van der Waals surface area contributed by atoms with Crippen molar-refractivity contribution in [3.63, 3.8) is 0 Å². The van der Waals surface area contributed by atoms with Crippen molar-refractivity contribution in [2.45, 2.75) is 70.9 Å². The molecule has 1 N–H and O–H groups in total. The minimum Gasteiger partial charge on any atom is -0.311 e. The standard InChI is InChI=1S/C14H30N2/c1-14(2,3)15-11-12-16(4)13-9-7-5-6-8-10-13/h13,15H,5-12H2,1-4H3. The van der Waals surface area contributed by atoms with E-state index in [2.05, 4.69) is 38.0 Å². The molecule has 0 amide bonds. The summed E-state index contributed by atoms with van der Waals surface area (Å²) in [6.45, 7) is 8.99. The largest absolute Gasteiger partial charge is 0.311 e. The monoisotopic (exact) mass is 226 g/mol. The number of rotatable bonds is 4. The first kappa shape index (κ1) is 14.0. The van der Waals surface area contributed by atoms with Gasteiger partial charge in [-0.15, -0.1) is 0 Å². The molecule has 0 aromatic carbocycles. The average Bonchev–Trinajstić information content (AvgIpc) is 2.43. The Morgan fingerprint density at radius 1 is 1.06 bits per heavy atom. The zero-order chi connectivity index (χ0) is 12.0. The fourth-order valence-corrected chi connectivity index (χ4v) is 2.49. The van der Waals surface area contributed by atoms with Crippen LogP contribution in [0.3, 0.4) is 0 Å².